The van der Waals surface area contributed by atoms with Crippen molar-refractivity contribution in [3.63, 3.8) is 0 Å². The van der Waals surface area contributed by atoms with E-state index < -0.39 is 0 Å². The van der Waals surface area contributed by atoms with Crippen molar-refractivity contribution in [1.82, 2.24) is 4.57 Å². The fraction of sp³-hybridized carbons (Fsp3) is 0.200. The van der Waals surface area contributed by atoms with Crippen LogP contribution < -0.4 is 19.5 Å². The van der Waals surface area contributed by atoms with Crippen LogP contribution in [-0.2, 0) is 11.3 Å². The lowest BCUT2D eigenvalue weighted by molar-refractivity contribution is -0.116. The maximum Gasteiger partial charge on any atom is 0.244 e. The van der Waals surface area contributed by atoms with Crippen LogP contribution in [0, 0.1) is 0 Å². The van der Waals surface area contributed by atoms with Crippen LogP contribution in [0.4, 0.5) is 5.69 Å². The van der Waals surface area contributed by atoms with Gasteiger partial charge in [-0.25, -0.2) is 0 Å². The minimum atomic E-state index is -0.247. The fourth-order valence-corrected chi connectivity index (χ4v) is 2.90. The molecule has 0 aliphatic heterocycles. The van der Waals surface area contributed by atoms with E-state index in [1.54, 1.807) is 55.3 Å². The number of rotatable bonds is 7. The number of methoxy groups -OCH3 is 3. The minimum Gasteiger partial charge on any atom is -0.497 e. The van der Waals surface area contributed by atoms with Crippen molar-refractivity contribution in [2.45, 2.75) is 6.54 Å². The Balaban J connectivity index is 1.85. The molecule has 0 saturated carbocycles. The van der Waals surface area contributed by atoms with Crippen molar-refractivity contribution >= 4 is 28.8 Å². The third kappa shape index (κ3) is 3.72. The second kappa shape index (κ2) is 7.82. The highest BCUT2D eigenvalue weighted by atomic mass is 16.5. The smallest absolute Gasteiger partial charge is 0.244 e. The lowest BCUT2D eigenvalue weighted by atomic mass is 10.2. The number of anilines is 1. The van der Waals surface area contributed by atoms with Gasteiger partial charge in [-0.05, 0) is 30.3 Å². The van der Waals surface area contributed by atoms with Gasteiger partial charge in [-0.3, -0.25) is 9.59 Å². The van der Waals surface area contributed by atoms with Crippen LogP contribution in [0.2, 0.25) is 0 Å². The molecule has 0 spiro atoms. The predicted molar refractivity (Wildman–Crippen MR) is 102 cm³/mol. The number of fused-ring (bicyclic) bond motifs is 1. The zero-order valence-electron chi connectivity index (χ0n) is 15.3. The summed E-state index contributed by atoms with van der Waals surface area (Å²) in [6, 6.07) is 10.5. The number of carbonyl (C=O) groups excluding carboxylic acids is 2. The van der Waals surface area contributed by atoms with Crippen LogP contribution in [0.5, 0.6) is 17.2 Å². The largest absolute Gasteiger partial charge is 0.497 e. The van der Waals surface area contributed by atoms with Gasteiger partial charge in [0.1, 0.15) is 23.8 Å². The number of hydrogen-bond acceptors (Lipinski definition) is 5. The predicted octanol–water partition coefficient (Wildman–Crippen LogP) is 3.12. The van der Waals surface area contributed by atoms with Gasteiger partial charge in [-0.15, -0.1) is 0 Å². The lowest BCUT2D eigenvalue weighted by Gasteiger charge is -2.12. The van der Waals surface area contributed by atoms with Crippen LogP contribution in [0.1, 0.15) is 10.4 Å². The molecule has 1 N–H and O–H groups in total. The molecular weight excluding hydrogens is 348 g/mol. The molecule has 0 saturated heterocycles. The van der Waals surface area contributed by atoms with E-state index in [-0.39, 0.29) is 12.5 Å². The molecule has 140 valence electrons. The SMILES string of the molecule is COc1ccc(NC(=O)Cn2cc(C=O)c3cc(OC)ccc32)c(OC)c1. The molecule has 7 heteroatoms. The summed E-state index contributed by atoms with van der Waals surface area (Å²) in [5.41, 5.74) is 1.81. The third-order valence-electron chi connectivity index (χ3n) is 4.24. The number of nitrogens with one attached hydrogen (secondary N) is 1. The van der Waals surface area contributed by atoms with Gasteiger partial charge in [0.15, 0.2) is 6.29 Å². The van der Waals surface area contributed by atoms with Crippen molar-refractivity contribution in [2.75, 3.05) is 26.6 Å². The summed E-state index contributed by atoms with van der Waals surface area (Å²) < 4.78 is 17.4. The highest BCUT2D eigenvalue weighted by Gasteiger charge is 2.14. The van der Waals surface area contributed by atoms with Crippen molar-refractivity contribution in [2.24, 2.45) is 0 Å². The molecule has 0 aliphatic carbocycles. The summed E-state index contributed by atoms with van der Waals surface area (Å²) >= 11 is 0. The molecule has 0 fully saturated rings. The molecule has 0 atom stereocenters. The molecule has 3 rings (SSSR count). The number of aromatic nitrogens is 1. The first-order chi connectivity index (χ1) is 13.1. The zero-order valence-corrected chi connectivity index (χ0v) is 15.3. The Bertz CT molecular complexity index is 993. The Kier molecular flexibility index (Phi) is 5.30. The van der Waals surface area contributed by atoms with E-state index in [1.165, 1.54) is 7.11 Å². The Morgan fingerprint density at radius 2 is 1.74 bits per heavy atom. The first kappa shape index (κ1) is 18.3. The summed E-state index contributed by atoms with van der Waals surface area (Å²) in [5, 5.41) is 3.56. The van der Waals surface area contributed by atoms with Gasteiger partial charge >= 0.3 is 0 Å². The fourth-order valence-electron chi connectivity index (χ4n) is 2.90. The standard InChI is InChI=1S/C20H20N2O5/c1-25-14-5-7-18-16(8-14)13(12-23)10-22(18)11-20(24)21-17-6-4-15(26-2)9-19(17)27-3/h4-10,12H,11H2,1-3H3,(H,21,24). The summed E-state index contributed by atoms with van der Waals surface area (Å²) in [6.07, 6.45) is 2.42. The maximum absolute atomic E-state index is 12.5. The van der Waals surface area contributed by atoms with Gasteiger partial charge < -0.3 is 24.1 Å². The number of benzene rings is 2. The van der Waals surface area contributed by atoms with E-state index in [1.807, 2.05) is 6.07 Å². The van der Waals surface area contributed by atoms with Gasteiger partial charge in [0.25, 0.3) is 0 Å². The summed E-state index contributed by atoms with van der Waals surface area (Å²) in [6.45, 7) is 0.0475. The summed E-state index contributed by atoms with van der Waals surface area (Å²) in [7, 11) is 4.64. The van der Waals surface area contributed by atoms with E-state index in [9.17, 15) is 9.59 Å². The van der Waals surface area contributed by atoms with Crippen LogP contribution in [0.25, 0.3) is 10.9 Å². The summed E-state index contributed by atoms with van der Waals surface area (Å²) in [5.74, 6) is 1.53. The summed E-state index contributed by atoms with van der Waals surface area (Å²) in [4.78, 5) is 23.9. The van der Waals surface area contributed by atoms with Gasteiger partial charge in [0.2, 0.25) is 5.91 Å². The van der Waals surface area contributed by atoms with E-state index in [4.69, 9.17) is 14.2 Å². The van der Waals surface area contributed by atoms with E-state index in [0.29, 0.717) is 28.5 Å². The number of aldehydes is 1. The molecule has 27 heavy (non-hydrogen) atoms. The average molecular weight is 368 g/mol. The van der Waals surface area contributed by atoms with Crippen LogP contribution >= 0.6 is 0 Å². The molecule has 7 nitrogen and oxygen atoms in total. The molecule has 1 aromatic heterocycles. The first-order valence-corrected chi connectivity index (χ1v) is 8.23. The van der Waals surface area contributed by atoms with Crippen LogP contribution in [0.15, 0.2) is 42.6 Å². The number of carbonyl (C=O) groups is 2. The van der Waals surface area contributed by atoms with Crippen LogP contribution in [0.3, 0.4) is 0 Å². The van der Waals surface area contributed by atoms with Gasteiger partial charge in [0, 0.05) is 28.7 Å². The zero-order chi connectivity index (χ0) is 19.4. The molecule has 0 unspecified atom stereocenters. The second-order valence-electron chi connectivity index (χ2n) is 5.83. The molecular formula is C20H20N2O5. The maximum atomic E-state index is 12.5. The first-order valence-electron chi connectivity index (χ1n) is 8.23. The molecule has 0 radical (unpaired) electrons. The number of hydrogen-bond donors (Lipinski definition) is 1. The molecule has 0 bridgehead atoms. The van der Waals surface area contributed by atoms with E-state index in [2.05, 4.69) is 5.32 Å². The van der Waals surface area contributed by atoms with Crippen molar-refractivity contribution in [3.8, 4) is 17.2 Å². The Hall–Kier alpha value is -3.48. The quantitative estimate of drug-likeness (QED) is 0.648. The third-order valence-corrected chi connectivity index (χ3v) is 4.24. The highest BCUT2D eigenvalue weighted by Crippen LogP contribution is 2.29. The lowest BCUT2D eigenvalue weighted by Crippen LogP contribution is -2.18. The topological polar surface area (TPSA) is 78.8 Å². The minimum absolute atomic E-state index is 0.0475. The van der Waals surface area contributed by atoms with Gasteiger partial charge in [-0.1, -0.05) is 0 Å². The van der Waals surface area contributed by atoms with Crippen molar-refractivity contribution < 1.29 is 23.8 Å². The number of amides is 1. The van der Waals surface area contributed by atoms with Gasteiger partial charge in [0.05, 0.1) is 27.0 Å². The highest BCUT2D eigenvalue weighted by molar-refractivity contribution is 6.00. The number of nitrogens with zero attached hydrogens (tertiary/aromatic N) is 1. The van der Waals surface area contributed by atoms with Crippen molar-refractivity contribution in [3.05, 3.63) is 48.2 Å². The average Bonchev–Trinajstić information content (AvgIpc) is 3.04. The molecule has 0 aliphatic rings. The second-order valence-corrected chi connectivity index (χ2v) is 5.83. The molecule has 2 aromatic carbocycles. The Morgan fingerprint density at radius 3 is 2.41 bits per heavy atom. The number of ether oxygens (including phenoxy) is 3. The Labute approximate surface area is 156 Å². The van der Waals surface area contributed by atoms with Crippen molar-refractivity contribution in [1.29, 1.82) is 0 Å². The van der Waals surface area contributed by atoms with Crippen LogP contribution in [-0.4, -0.2) is 38.1 Å². The van der Waals surface area contributed by atoms with Gasteiger partial charge in [-0.2, -0.15) is 0 Å². The Morgan fingerprint density at radius 1 is 1.04 bits per heavy atom. The normalized spacial score (nSPS) is 10.5. The monoisotopic (exact) mass is 368 g/mol. The molecule has 3 aromatic rings. The molecule has 1 amide bonds. The van der Waals surface area contributed by atoms with E-state index >= 15 is 0 Å². The molecule has 1 heterocycles. The van der Waals surface area contributed by atoms with E-state index in [0.717, 1.165) is 17.2 Å².